The molecule has 1 heterocycles. The summed E-state index contributed by atoms with van der Waals surface area (Å²) >= 11 is 6.02. The van der Waals surface area contributed by atoms with Crippen LogP contribution < -0.4 is 10.1 Å². The van der Waals surface area contributed by atoms with Crippen molar-refractivity contribution in [3.8, 4) is 5.75 Å². The molecular formula is C20H21ClN2O6. The van der Waals surface area contributed by atoms with E-state index in [0.717, 1.165) is 4.90 Å². The summed E-state index contributed by atoms with van der Waals surface area (Å²) in [6.45, 7) is 0.895. The summed E-state index contributed by atoms with van der Waals surface area (Å²) in [6, 6.07) is 4.69. The maximum Gasteiger partial charge on any atom is 0.326 e. The van der Waals surface area contributed by atoms with Crippen LogP contribution in [0, 0.1) is 11.8 Å². The number of amides is 3. The fourth-order valence-electron chi connectivity index (χ4n) is 3.43. The van der Waals surface area contributed by atoms with E-state index >= 15 is 0 Å². The number of rotatable bonds is 6. The summed E-state index contributed by atoms with van der Waals surface area (Å²) in [7, 11) is 1.47. The number of esters is 1. The van der Waals surface area contributed by atoms with Gasteiger partial charge in [-0.05, 0) is 38.0 Å². The Bertz CT molecular complexity index is 858. The lowest BCUT2D eigenvalue weighted by molar-refractivity contribution is -0.158. The molecular weight excluding hydrogens is 400 g/mol. The van der Waals surface area contributed by atoms with Crippen LogP contribution in [0.5, 0.6) is 5.75 Å². The molecule has 1 N–H and O–H groups in total. The van der Waals surface area contributed by atoms with E-state index in [1.807, 2.05) is 12.2 Å². The van der Waals surface area contributed by atoms with Crippen LogP contribution in [0.1, 0.15) is 19.8 Å². The number of methoxy groups -OCH3 is 1. The molecule has 0 aromatic heterocycles. The van der Waals surface area contributed by atoms with E-state index in [1.54, 1.807) is 12.1 Å². The van der Waals surface area contributed by atoms with Crippen LogP contribution in [0.2, 0.25) is 5.02 Å². The molecule has 1 fully saturated rings. The lowest BCUT2D eigenvalue weighted by atomic mass is 9.85. The summed E-state index contributed by atoms with van der Waals surface area (Å²) in [5.74, 6) is -2.51. The van der Waals surface area contributed by atoms with Gasteiger partial charge in [0.15, 0.2) is 6.10 Å². The van der Waals surface area contributed by atoms with Crippen LogP contribution in [0.25, 0.3) is 0 Å². The molecule has 9 heteroatoms. The molecule has 0 bridgehead atoms. The summed E-state index contributed by atoms with van der Waals surface area (Å²) < 4.78 is 10.1. The summed E-state index contributed by atoms with van der Waals surface area (Å²) in [6.07, 6.45) is 3.59. The highest BCUT2D eigenvalue weighted by molar-refractivity contribution is 6.32. The number of hydrogen-bond acceptors (Lipinski definition) is 6. The number of fused-ring (bicyclic) bond motifs is 1. The van der Waals surface area contributed by atoms with Gasteiger partial charge in [0, 0.05) is 5.69 Å². The van der Waals surface area contributed by atoms with Crippen LogP contribution in [-0.2, 0) is 23.9 Å². The number of nitrogens with one attached hydrogen (secondary N) is 1. The molecule has 3 rings (SSSR count). The van der Waals surface area contributed by atoms with Gasteiger partial charge in [0.25, 0.3) is 5.91 Å². The SMILES string of the molecule is COc1ccc(NC(=O)[C@@H](C)OC(=O)CN2C(=O)[C@H]3CC=CC[C@@H]3C2=O)cc1Cl. The highest BCUT2D eigenvalue weighted by Crippen LogP contribution is 2.35. The number of nitrogens with zero attached hydrogens (tertiary/aromatic N) is 1. The van der Waals surface area contributed by atoms with Gasteiger partial charge in [-0.15, -0.1) is 0 Å². The second-order valence-corrected chi connectivity index (χ2v) is 7.30. The van der Waals surface area contributed by atoms with Gasteiger partial charge in [0.2, 0.25) is 11.8 Å². The highest BCUT2D eigenvalue weighted by atomic mass is 35.5. The third-order valence-corrected chi connectivity index (χ3v) is 5.28. The van der Waals surface area contributed by atoms with Gasteiger partial charge in [-0.1, -0.05) is 23.8 Å². The van der Waals surface area contributed by atoms with Crippen LogP contribution in [-0.4, -0.2) is 48.3 Å². The predicted octanol–water partition coefficient (Wildman–Crippen LogP) is 2.17. The molecule has 0 spiro atoms. The molecule has 3 amide bonds. The van der Waals surface area contributed by atoms with Crippen molar-refractivity contribution in [3.63, 3.8) is 0 Å². The Morgan fingerprint density at radius 3 is 2.38 bits per heavy atom. The van der Waals surface area contributed by atoms with E-state index in [1.165, 1.54) is 20.1 Å². The van der Waals surface area contributed by atoms with Gasteiger partial charge < -0.3 is 14.8 Å². The third-order valence-electron chi connectivity index (χ3n) is 4.98. The largest absolute Gasteiger partial charge is 0.495 e. The average Bonchev–Trinajstić information content (AvgIpc) is 2.93. The fraction of sp³-hybridized carbons (Fsp3) is 0.400. The molecule has 29 heavy (non-hydrogen) atoms. The van der Waals surface area contributed by atoms with Crippen molar-refractivity contribution < 1.29 is 28.7 Å². The fourth-order valence-corrected chi connectivity index (χ4v) is 3.69. The molecule has 1 aliphatic carbocycles. The topological polar surface area (TPSA) is 102 Å². The quantitative estimate of drug-likeness (QED) is 0.430. The second-order valence-electron chi connectivity index (χ2n) is 6.89. The number of likely N-dealkylation sites (tertiary alicyclic amines) is 1. The van der Waals surface area contributed by atoms with Gasteiger partial charge in [-0.3, -0.25) is 24.1 Å². The number of hydrogen-bond donors (Lipinski definition) is 1. The number of halogens is 1. The summed E-state index contributed by atoms with van der Waals surface area (Å²) in [4.78, 5) is 50.2. The molecule has 1 aliphatic heterocycles. The zero-order valence-electron chi connectivity index (χ0n) is 16.0. The molecule has 0 unspecified atom stereocenters. The standard InChI is InChI=1S/C20H21ClN2O6/c1-11(18(25)22-12-7-8-16(28-2)15(21)9-12)29-17(24)10-23-19(26)13-5-3-4-6-14(13)20(23)27/h3-4,7-9,11,13-14H,5-6,10H2,1-2H3,(H,22,25)/t11-,13+,14+/m1/s1. The zero-order valence-corrected chi connectivity index (χ0v) is 16.8. The first kappa shape index (κ1) is 20.9. The smallest absolute Gasteiger partial charge is 0.326 e. The van der Waals surface area contributed by atoms with Crippen molar-refractivity contribution in [1.29, 1.82) is 0 Å². The number of imide groups is 1. The van der Waals surface area contributed by atoms with Crippen molar-refractivity contribution in [2.24, 2.45) is 11.8 Å². The predicted molar refractivity (Wildman–Crippen MR) is 104 cm³/mol. The molecule has 0 radical (unpaired) electrons. The lowest BCUT2D eigenvalue weighted by Gasteiger charge is -2.17. The molecule has 2 aliphatic rings. The molecule has 0 saturated carbocycles. The second kappa shape index (κ2) is 8.65. The first-order valence-corrected chi connectivity index (χ1v) is 9.53. The minimum absolute atomic E-state index is 0.317. The van der Waals surface area contributed by atoms with Crippen LogP contribution in [0.4, 0.5) is 5.69 Å². The molecule has 3 atom stereocenters. The van der Waals surface area contributed by atoms with Crippen LogP contribution in [0.15, 0.2) is 30.4 Å². The zero-order chi connectivity index (χ0) is 21.1. The maximum absolute atomic E-state index is 12.4. The Labute approximate surface area is 172 Å². The number of benzene rings is 1. The van der Waals surface area contributed by atoms with E-state index in [2.05, 4.69) is 5.32 Å². The van der Waals surface area contributed by atoms with Crippen molar-refractivity contribution in [2.75, 3.05) is 19.0 Å². The first-order valence-electron chi connectivity index (χ1n) is 9.16. The Kier molecular flexibility index (Phi) is 6.22. The normalized spacial score (nSPS) is 21.6. The van der Waals surface area contributed by atoms with E-state index in [-0.39, 0.29) is 11.8 Å². The number of carbonyl (C=O) groups excluding carboxylic acids is 4. The van der Waals surface area contributed by atoms with Gasteiger partial charge in [0.1, 0.15) is 12.3 Å². The first-order chi connectivity index (χ1) is 13.8. The monoisotopic (exact) mass is 420 g/mol. The van der Waals surface area contributed by atoms with Crippen LogP contribution >= 0.6 is 11.6 Å². The number of allylic oxidation sites excluding steroid dienone is 2. The number of anilines is 1. The molecule has 154 valence electrons. The summed E-state index contributed by atoms with van der Waals surface area (Å²) in [5, 5.41) is 2.90. The van der Waals surface area contributed by atoms with E-state index in [4.69, 9.17) is 21.1 Å². The van der Waals surface area contributed by atoms with Crippen molar-refractivity contribution in [2.45, 2.75) is 25.9 Å². The van der Waals surface area contributed by atoms with Crippen LogP contribution in [0.3, 0.4) is 0 Å². The van der Waals surface area contributed by atoms with Crippen molar-refractivity contribution >= 4 is 41.0 Å². The minimum atomic E-state index is -1.12. The molecule has 1 saturated heterocycles. The van der Waals surface area contributed by atoms with Gasteiger partial charge in [-0.2, -0.15) is 0 Å². The summed E-state index contributed by atoms with van der Waals surface area (Å²) in [5.41, 5.74) is 0.408. The molecule has 8 nitrogen and oxygen atoms in total. The molecule has 1 aromatic rings. The van der Waals surface area contributed by atoms with Gasteiger partial charge in [-0.25, -0.2) is 0 Å². The third kappa shape index (κ3) is 4.42. The highest BCUT2D eigenvalue weighted by Gasteiger charge is 2.47. The maximum atomic E-state index is 12.4. The van der Waals surface area contributed by atoms with Crippen molar-refractivity contribution in [1.82, 2.24) is 4.90 Å². The minimum Gasteiger partial charge on any atom is -0.495 e. The Morgan fingerprint density at radius 2 is 1.83 bits per heavy atom. The Hall–Kier alpha value is -2.87. The van der Waals surface area contributed by atoms with E-state index < -0.39 is 36.4 Å². The Morgan fingerprint density at radius 1 is 1.21 bits per heavy atom. The molecule has 1 aromatic carbocycles. The lowest BCUT2D eigenvalue weighted by Crippen LogP contribution is -2.39. The van der Waals surface area contributed by atoms with E-state index in [9.17, 15) is 19.2 Å². The van der Waals surface area contributed by atoms with Crippen molar-refractivity contribution in [3.05, 3.63) is 35.4 Å². The number of ether oxygens (including phenoxy) is 2. The Balaban J connectivity index is 1.55. The van der Waals surface area contributed by atoms with E-state index in [0.29, 0.717) is 29.3 Å². The average molecular weight is 421 g/mol. The number of carbonyl (C=O) groups is 4. The van der Waals surface area contributed by atoms with Gasteiger partial charge >= 0.3 is 5.97 Å². The van der Waals surface area contributed by atoms with Gasteiger partial charge in [0.05, 0.1) is 24.0 Å².